The molecule has 1 N–H and O–H groups in total. The Balaban J connectivity index is 3.17. The van der Waals surface area contributed by atoms with Gasteiger partial charge in [0.1, 0.15) is 5.82 Å². The Morgan fingerprint density at radius 2 is 2.07 bits per heavy atom. The van der Waals surface area contributed by atoms with E-state index >= 15 is 0 Å². The summed E-state index contributed by atoms with van der Waals surface area (Å²) in [6, 6.07) is 2.89. The highest BCUT2D eigenvalue weighted by Crippen LogP contribution is 2.12. The molecule has 80 valence electrons. The first-order valence-electron chi connectivity index (χ1n) is 4.26. The Morgan fingerprint density at radius 1 is 1.40 bits per heavy atom. The Labute approximate surface area is 85.3 Å². The molecular weight excluding hydrogens is 203 g/mol. The average molecular weight is 212 g/mol. The van der Waals surface area contributed by atoms with Crippen molar-refractivity contribution >= 4 is 11.9 Å². The summed E-state index contributed by atoms with van der Waals surface area (Å²) in [5.74, 6) is -2.84. The molecule has 0 aliphatic heterocycles. The summed E-state index contributed by atoms with van der Waals surface area (Å²) in [7, 11) is 0. The summed E-state index contributed by atoms with van der Waals surface area (Å²) in [5, 5.41) is 8.73. The van der Waals surface area contributed by atoms with Gasteiger partial charge in [0.25, 0.3) is 0 Å². The van der Waals surface area contributed by atoms with Crippen LogP contribution in [0.4, 0.5) is 4.39 Å². The number of esters is 1. The molecule has 0 saturated heterocycles. The molecule has 0 heterocycles. The fourth-order valence-corrected chi connectivity index (χ4v) is 1.08. The summed E-state index contributed by atoms with van der Waals surface area (Å²) < 4.78 is 17.4. The lowest BCUT2D eigenvalue weighted by Crippen LogP contribution is -2.11. The molecule has 1 aromatic rings. The van der Waals surface area contributed by atoms with Gasteiger partial charge in [-0.3, -0.25) is 0 Å². The fourth-order valence-electron chi connectivity index (χ4n) is 1.08. The second-order valence-electron chi connectivity index (χ2n) is 2.72. The van der Waals surface area contributed by atoms with Gasteiger partial charge in [0.2, 0.25) is 0 Å². The SMILES string of the molecule is CCOC(=O)c1ccc(F)cc1C(=O)O. The Kier molecular flexibility index (Phi) is 3.38. The zero-order valence-electron chi connectivity index (χ0n) is 7.99. The van der Waals surface area contributed by atoms with Crippen LogP contribution >= 0.6 is 0 Å². The van der Waals surface area contributed by atoms with Crippen molar-refractivity contribution in [1.82, 2.24) is 0 Å². The van der Waals surface area contributed by atoms with Gasteiger partial charge in [-0.2, -0.15) is 0 Å². The maximum Gasteiger partial charge on any atom is 0.338 e. The summed E-state index contributed by atoms with van der Waals surface area (Å²) in [6.07, 6.45) is 0. The Bertz CT molecular complexity index is 400. The number of carbonyl (C=O) groups is 2. The van der Waals surface area contributed by atoms with Crippen LogP contribution in [0.15, 0.2) is 18.2 Å². The smallest absolute Gasteiger partial charge is 0.338 e. The minimum atomic E-state index is -1.36. The van der Waals surface area contributed by atoms with Gasteiger partial charge >= 0.3 is 11.9 Å². The number of carbonyl (C=O) groups excluding carboxylic acids is 1. The quantitative estimate of drug-likeness (QED) is 0.774. The second kappa shape index (κ2) is 4.54. The highest BCUT2D eigenvalue weighted by atomic mass is 19.1. The van der Waals surface area contributed by atoms with Crippen molar-refractivity contribution in [2.24, 2.45) is 0 Å². The molecule has 0 amide bonds. The van der Waals surface area contributed by atoms with Crippen LogP contribution in [0.2, 0.25) is 0 Å². The van der Waals surface area contributed by atoms with Crippen LogP contribution in [0.5, 0.6) is 0 Å². The van der Waals surface area contributed by atoms with Gasteiger partial charge < -0.3 is 9.84 Å². The van der Waals surface area contributed by atoms with E-state index in [1.54, 1.807) is 6.92 Å². The van der Waals surface area contributed by atoms with Crippen molar-refractivity contribution in [2.75, 3.05) is 6.61 Å². The van der Waals surface area contributed by atoms with Crippen molar-refractivity contribution in [1.29, 1.82) is 0 Å². The van der Waals surface area contributed by atoms with Crippen LogP contribution in [-0.2, 0) is 4.74 Å². The van der Waals surface area contributed by atoms with Gasteiger partial charge in [0.15, 0.2) is 0 Å². The first kappa shape index (κ1) is 11.2. The number of benzene rings is 1. The number of hydrogen-bond acceptors (Lipinski definition) is 3. The van der Waals surface area contributed by atoms with E-state index in [1.807, 2.05) is 0 Å². The van der Waals surface area contributed by atoms with E-state index in [2.05, 4.69) is 4.74 Å². The third-order valence-electron chi connectivity index (χ3n) is 1.71. The van der Waals surface area contributed by atoms with E-state index in [0.717, 1.165) is 18.2 Å². The molecule has 0 spiro atoms. The van der Waals surface area contributed by atoms with Crippen LogP contribution in [-0.4, -0.2) is 23.7 Å². The molecule has 4 nitrogen and oxygen atoms in total. The van der Waals surface area contributed by atoms with Crippen molar-refractivity contribution in [3.05, 3.63) is 35.1 Å². The highest BCUT2D eigenvalue weighted by molar-refractivity contribution is 6.02. The molecule has 1 aromatic carbocycles. The maximum absolute atomic E-state index is 12.7. The van der Waals surface area contributed by atoms with Crippen molar-refractivity contribution < 1.29 is 23.8 Å². The lowest BCUT2D eigenvalue weighted by Gasteiger charge is -2.05. The second-order valence-corrected chi connectivity index (χ2v) is 2.72. The van der Waals surface area contributed by atoms with Crippen LogP contribution in [0, 0.1) is 5.82 Å². The number of rotatable bonds is 3. The summed E-state index contributed by atoms with van der Waals surface area (Å²) in [5.41, 5.74) is -0.542. The average Bonchev–Trinajstić information content (AvgIpc) is 2.17. The number of aromatic carboxylic acids is 1. The molecule has 0 aliphatic carbocycles. The molecule has 0 atom stereocenters. The number of carboxylic acid groups (broad SMARTS) is 1. The number of carboxylic acids is 1. The summed E-state index contributed by atoms with van der Waals surface area (Å²) >= 11 is 0. The van der Waals surface area contributed by atoms with Gasteiger partial charge in [0.05, 0.1) is 17.7 Å². The Morgan fingerprint density at radius 3 is 2.60 bits per heavy atom. The molecule has 15 heavy (non-hydrogen) atoms. The maximum atomic E-state index is 12.7. The van der Waals surface area contributed by atoms with Gasteiger partial charge in [-0.25, -0.2) is 14.0 Å². The molecular formula is C10H9FO4. The lowest BCUT2D eigenvalue weighted by molar-refractivity contribution is 0.0514. The first-order valence-corrected chi connectivity index (χ1v) is 4.26. The zero-order chi connectivity index (χ0) is 11.4. The predicted octanol–water partition coefficient (Wildman–Crippen LogP) is 1.70. The third kappa shape index (κ3) is 2.52. The summed E-state index contributed by atoms with van der Waals surface area (Å²) in [4.78, 5) is 22.0. The molecule has 0 aromatic heterocycles. The molecule has 0 unspecified atom stereocenters. The van der Waals surface area contributed by atoms with Gasteiger partial charge in [-0.1, -0.05) is 0 Å². The van der Waals surface area contributed by atoms with Crippen molar-refractivity contribution in [3.8, 4) is 0 Å². The number of hydrogen-bond donors (Lipinski definition) is 1. The number of halogens is 1. The zero-order valence-corrected chi connectivity index (χ0v) is 7.99. The van der Waals surface area contributed by atoms with Crippen LogP contribution < -0.4 is 0 Å². The van der Waals surface area contributed by atoms with Crippen LogP contribution in [0.1, 0.15) is 27.6 Å². The molecule has 0 radical (unpaired) electrons. The minimum absolute atomic E-state index is 0.134. The van der Waals surface area contributed by atoms with E-state index < -0.39 is 23.3 Å². The number of ether oxygens (including phenoxy) is 1. The van der Waals surface area contributed by atoms with Crippen molar-refractivity contribution in [3.63, 3.8) is 0 Å². The van der Waals surface area contributed by atoms with Crippen molar-refractivity contribution in [2.45, 2.75) is 6.92 Å². The molecule has 0 fully saturated rings. The van der Waals surface area contributed by atoms with E-state index in [-0.39, 0.29) is 12.2 Å². The largest absolute Gasteiger partial charge is 0.478 e. The molecule has 0 aliphatic rings. The normalized spacial score (nSPS) is 9.73. The van der Waals surface area contributed by atoms with Crippen LogP contribution in [0.25, 0.3) is 0 Å². The van der Waals surface area contributed by atoms with E-state index in [1.165, 1.54) is 0 Å². The highest BCUT2D eigenvalue weighted by Gasteiger charge is 2.17. The van der Waals surface area contributed by atoms with E-state index in [4.69, 9.17) is 5.11 Å². The molecule has 0 bridgehead atoms. The standard InChI is InChI=1S/C10H9FO4/c1-2-15-10(14)7-4-3-6(11)5-8(7)9(12)13/h3-5H,2H2,1H3,(H,12,13). The van der Waals surface area contributed by atoms with Gasteiger partial charge in [0, 0.05) is 0 Å². The van der Waals surface area contributed by atoms with Gasteiger partial charge in [-0.15, -0.1) is 0 Å². The van der Waals surface area contributed by atoms with E-state index in [0.29, 0.717) is 0 Å². The van der Waals surface area contributed by atoms with Crippen LogP contribution in [0.3, 0.4) is 0 Å². The minimum Gasteiger partial charge on any atom is -0.478 e. The monoisotopic (exact) mass is 212 g/mol. The third-order valence-corrected chi connectivity index (χ3v) is 1.71. The molecule has 1 rings (SSSR count). The summed E-state index contributed by atoms with van der Waals surface area (Å²) in [6.45, 7) is 1.73. The fraction of sp³-hybridized carbons (Fsp3) is 0.200. The molecule has 5 heteroatoms. The predicted molar refractivity (Wildman–Crippen MR) is 49.3 cm³/mol. The Hall–Kier alpha value is -1.91. The first-order chi connectivity index (χ1) is 7.06. The molecule has 0 saturated carbocycles. The lowest BCUT2D eigenvalue weighted by atomic mass is 10.1. The topological polar surface area (TPSA) is 63.6 Å². The van der Waals surface area contributed by atoms with E-state index in [9.17, 15) is 14.0 Å². The van der Waals surface area contributed by atoms with Gasteiger partial charge in [-0.05, 0) is 25.1 Å².